The minimum Gasteiger partial charge on any atom is -0.375 e. The SMILES string of the molecule is COC1C2CCCC1(OC)OC2C(=O)c1ccccc1. The number of carbonyl (C=O) groups excluding carboxylic acids is 1. The maximum absolute atomic E-state index is 12.7. The van der Waals surface area contributed by atoms with Crippen molar-refractivity contribution >= 4 is 5.78 Å². The van der Waals surface area contributed by atoms with E-state index in [0.29, 0.717) is 5.56 Å². The molecule has 1 heterocycles. The van der Waals surface area contributed by atoms with Gasteiger partial charge >= 0.3 is 0 Å². The second kappa shape index (κ2) is 5.28. The monoisotopic (exact) mass is 276 g/mol. The molecule has 1 saturated carbocycles. The Morgan fingerprint density at radius 3 is 2.65 bits per heavy atom. The van der Waals surface area contributed by atoms with Gasteiger partial charge in [0, 0.05) is 32.1 Å². The third kappa shape index (κ3) is 1.99. The van der Waals surface area contributed by atoms with Gasteiger partial charge in [0.05, 0.1) is 0 Å². The van der Waals surface area contributed by atoms with E-state index in [-0.39, 0.29) is 17.8 Å². The highest BCUT2D eigenvalue weighted by Crippen LogP contribution is 2.48. The first-order chi connectivity index (χ1) is 9.72. The highest BCUT2D eigenvalue weighted by molar-refractivity contribution is 6.00. The van der Waals surface area contributed by atoms with E-state index in [2.05, 4.69) is 0 Å². The van der Waals surface area contributed by atoms with Crippen molar-refractivity contribution in [2.75, 3.05) is 14.2 Å². The number of ether oxygens (including phenoxy) is 3. The quantitative estimate of drug-likeness (QED) is 0.792. The lowest BCUT2D eigenvalue weighted by atomic mass is 9.80. The molecule has 2 bridgehead atoms. The van der Waals surface area contributed by atoms with Crippen molar-refractivity contribution in [3.8, 4) is 0 Å². The fourth-order valence-electron chi connectivity index (χ4n) is 3.58. The van der Waals surface area contributed by atoms with Crippen LogP contribution in [0.3, 0.4) is 0 Å². The second-order valence-electron chi connectivity index (χ2n) is 5.50. The van der Waals surface area contributed by atoms with Crippen LogP contribution < -0.4 is 0 Å². The molecule has 108 valence electrons. The predicted octanol–water partition coefficient (Wildman–Crippen LogP) is 2.43. The average molecular weight is 276 g/mol. The normalized spacial score (nSPS) is 36.0. The Hall–Kier alpha value is -1.23. The zero-order chi connectivity index (χ0) is 14.2. The van der Waals surface area contributed by atoms with Crippen LogP contribution >= 0.6 is 0 Å². The van der Waals surface area contributed by atoms with Gasteiger partial charge in [0.2, 0.25) is 0 Å². The van der Waals surface area contributed by atoms with Gasteiger partial charge in [-0.3, -0.25) is 4.79 Å². The molecule has 2 aliphatic rings. The fraction of sp³-hybridized carbons (Fsp3) is 0.562. The summed E-state index contributed by atoms with van der Waals surface area (Å²) in [6, 6.07) is 9.30. The van der Waals surface area contributed by atoms with E-state index in [4.69, 9.17) is 14.2 Å². The lowest BCUT2D eigenvalue weighted by molar-refractivity contribution is -0.252. The topological polar surface area (TPSA) is 44.8 Å². The first-order valence-electron chi connectivity index (χ1n) is 7.07. The van der Waals surface area contributed by atoms with Crippen LogP contribution in [0.1, 0.15) is 29.6 Å². The van der Waals surface area contributed by atoms with Crippen molar-refractivity contribution in [2.24, 2.45) is 5.92 Å². The Balaban J connectivity index is 1.90. The van der Waals surface area contributed by atoms with Gasteiger partial charge in [-0.2, -0.15) is 0 Å². The minimum absolute atomic E-state index is 0.0264. The predicted molar refractivity (Wildman–Crippen MR) is 73.5 cm³/mol. The molecule has 0 aromatic heterocycles. The van der Waals surface area contributed by atoms with E-state index >= 15 is 0 Å². The van der Waals surface area contributed by atoms with Crippen molar-refractivity contribution in [1.82, 2.24) is 0 Å². The summed E-state index contributed by atoms with van der Waals surface area (Å²) >= 11 is 0. The fourth-order valence-corrected chi connectivity index (χ4v) is 3.58. The second-order valence-corrected chi connectivity index (χ2v) is 5.50. The number of hydrogen-bond donors (Lipinski definition) is 0. The molecule has 0 radical (unpaired) electrons. The van der Waals surface area contributed by atoms with Gasteiger partial charge in [0.25, 0.3) is 0 Å². The average Bonchev–Trinajstić information content (AvgIpc) is 2.69. The summed E-state index contributed by atoms with van der Waals surface area (Å²) in [5, 5.41) is 0. The van der Waals surface area contributed by atoms with Gasteiger partial charge in [-0.25, -0.2) is 0 Å². The largest absolute Gasteiger partial charge is 0.375 e. The number of Topliss-reactive ketones (excluding diaryl/α,β-unsaturated/α-hetero) is 1. The van der Waals surface area contributed by atoms with E-state index in [1.54, 1.807) is 14.2 Å². The summed E-state index contributed by atoms with van der Waals surface area (Å²) in [4.78, 5) is 12.7. The van der Waals surface area contributed by atoms with E-state index in [1.807, 2.05) is 30.3 Å². The van der Waals surface area contributed by atoms with Crippen LogP contribution in [0.5, 0.6) is 0 Å². The number of carbonyl (C=O) groups is 1. The van der Waals surface area contributed by atoms with Crippen molar-refractivity contribution in [3.63, 3.8) is 0 Å². The van der Waals surface area contributed by atoms with E-state index < -0.39 is 11.9 Å². The lowest BCUT2D eigenvalue weighted by Crippen LogP contribution is -2.46. The molecule has 3 rings (SSSR count). The molecule has 4 unspecified atom stereocenters. The molecule has 0 spiro atoms. The number of benzene rings is 1. The zero-order valence-electron chi connectivity index (χ0n) is 11.9. The van der Waals surface area contributed by atoms with Crippen LogP contribution in [0.4, 0.5) is 0 Å². The van der Waals surface area contributed by atoms with Crippen molar-refractivity contribution in [3.05, 3.63) is 35.9 Å². The van der Waals surface area contributed by atoms with E-state index in [1.165, 1.54) is 0 Å². The summed E-state index contributed by atoms with van der Waals surface area (Å²) in [7, 11) is 3.29. The van der Waals surface area contributed by atoms with Gasteiger partial charge in [0.15, 0.2) is 11.6 Å². The van der Waals surface area contributed by atoms with Crippen LogP contribution in [0.2, 0.25) is 0 Å². The Morgan fingerprint density at radius 1 is 1.30 bits per heavy atom. The standard InChI is InChI=1S/C16H20O4/c1-18-15-12-9-6-10-16(15,19-2)20-14(12)13(17)11-7-4-3-5-8-11/h3-5,7-8,12,14-15H,6,9-10H2,1-2H3. The summed E-state index contributed by atoms with van der Waals surface area (Å²) < 4.78 is 17.2. The molecule has 4 nitrogen and oxygen atoms in total. The minimum atomic E-state index is -0.757. The van der Waals surface area contributed by atoms with Crippen molar-refractivity contribution < 1.29 is 19.0 Å². The van der Waals surface area contributed by atoms with E-state index in [9.17, 15) is 4.79 Å². The molecule has 4 heteroatoms. The number of rotatable bonds is 4. The van der Waals surface area contributed by atoms with Crippen molar-refractivity contribution in [1.29, 1.82) is 0 Å². The molecule has 0 N–H and O–H groups in total. The molecule has 20 heavy (non-hydrogen) atoms. The molecule has 1 aromatic carbocycles. The highest BCUT2D eigenvalue weighted by atomic mass is 16.7. The van der Waals surface area contributed by atoms with Gasteiger partial charge in [-0.1, -0.05) is 30.3 Å². The first-order valence-corrected chi connectivity index (χ1v) is 7.07. The first kappa shape index (κ1) is 13.7. The summed E-state index contributed by atoms with van der Waals surface area (Å²) in [6.07, 6.45) is 2.07. The van der Waals surface area contributed by atoms with Crippen LogP contribution in [0, 0.1) is 5.92 Å². The smallest absolute Gasteiger partial charge is 0.195 e. The molecule has 0 amide bonds. The number of ketones is 1. The third-order valence-corrected chi connectivity index (χ3v) is 4.52. The van der Waals surface area contributed by atoms with Crippen LogP contribution in [0.25, 0.3) is 0 Å². The Kier molecular flexibility index (Phi) is 3.63. The summed E-state index contributed by atoms with van der Waals surface area (Å²) in [6.45, 7) is 0. The van der Waals surface area contributed by atoms with Crippen LogP contribution in [0.15, 0.2) is 30.3 Å². The van der Waals surface area contributed by atoms with Crippen molar-refractivity contribution in [2.45, 2.75) is 37.3 Å². The molecule has 4 atom stereocenters. The molecule has 2 fully saturated rings. The number of hydrogen-bond acceptors (Lipinski definition) is 4. The maximum Gasteiger partial charge on any atom is 0.195 e. The highest BCUT2D eigenvalue weighted by Gasteiger charge is 2.59. The van der Waals surface area contributed by atoms with E-state index in [0.717, 1.165) is 19.3 Å². The van der Waals surface area contributed by atoms with Gasteiger partial charge in [0.1, 0.15) is 12.2 Å². The van der Waals surface area contributed by atoms with Crippen LogP contribution in [-0.4, -0.2) is 38.0 Å². The third-order valence-electron chi connectivity index (χ3n) is 4.52. The molecular formula is C16H20O4. The summed E-state index contributed by atoms with van der Waals surface area (Å²) in [5.74, 6) is -0.660. The number of fused-ring (bicyclic) bond motifs is 2. The van der Waals surface area contributed by atoms with Gasteiger partial charge in [-0.15, -0.1) is 0 Å². The summed E-state index contributed by atoms with van der Waals surface area (Å²) in [5.41, 5.74) is 0.686. The Morgan fingerprint density at radius 2 is 2.05 bits per heavy atom. The zero-order valence-corrected chi connectivity index (χ0v) is 11.9. The van der Waals surface area contributed by atoms with Gasteiger partial charge in [-0.05, 0) is 12.8 Å². The molecular weight excluding hydrogens is 256 g/mol. The Bertz CT molecular complexity index is 487. The number of methoxy groups -OCH3 is 2. The molecule has 1 aliphatic carbocycles. The molecule has 1 aliphatic heterocycles. The maximum atomic E-state index is 12.7. The van der Waals surface area contributed by atoms with Crippen LogP contribution in [-0.2, 0) is 14.2 Å². The molecule has 1 saturated heterocycles. The lowest BCUT2D eigenvalue weighted by Gasteiger charge is -2.36. The molecule has 1 aromatic rings. The Labute approximate surface area is 119 Å². The van der Waals surface area contributed by atoms with Gasteiger partial charge < -0.3 is 14.2 Å².